The van der Waals surface area contributed by atoms with Gasteiger partial charge < -0.3 is 35.1 Å². The van der Waals surface area contributed by atoms with Crippen LogP contribution in [0.25, 0.3) is 0 Å². The number of furan rings is 1. The molecule has 5 atom stereocenters. The van der Waals surface area contributed by atoms with Gasteiger partial charge in [0, 0.05) is 6.42 Å². The molecule has 1 heterocycles. The second kappa shape index (κ2) is 6.83. The van der Waals surface area contributed by atoms with Gasteiger partial charge in [-0.15, -0.1) is 0 Å². The second-order valence-electron chi connectivity index (χ2n) is 4.07. The summed E-state index contributed by atoms with van der Waals surface area (Å²) in [4.78, 5) is 0. The lowest BCUT2D eigenvalue weighted by Crippen LogP contribution is -2.50. The molecular formula is C11H18O7. The van der Waals surface area contributed by atoms with E-state index in [1.165, 1.54) is 6.26 Å². The third-order valence-electron chi connectivity index (χ3n) is 2.67. The highest BCUT2D eigenvalue weighted by atomic mass is 16.4. The summed E-state index contributed by atoms with van der Waals surface area (Å²) in [6.45, 7) is -0.765. The van der Waals surface area contributed by atoms with Gasteiger partial charge in [0.2, 0.25) is 0 Å². The van der Waals surface area contributed by atoms with E-state index in [4.69, 9.17) is 14.6 Å². The van der Waals surface area contributed by atoms with Gasteiger partial charge in [-0.3, -0.25) is 0 Å². The van der Waals surface area contributed by atoms with E-state index in [9.17, 15) is 20.4 Å². The van der Waals surface area contributed by atoms with E-state index in [0.29, 0.717) is 5.76 Å². The van der Waals surface area contributed by atoms with Gasteiger partial charge in [-0.25, -0.2) is 0 Å². The predicted molar refractivity (Wildman–Crippen MR) is 59.5 cm³/mol. The molecule has 0 bridgehead atoms. The molecule has 1 rings (SSSR count). The molecule has 0 spiro atoms. The Morgan fingerprint density at radius 1 is 0.944 bits per heavy atom. The Bertz CT molecular complexity index is 326. The van der Waals surface area contributed by atoms with Crippen LogP contribution in [-0.4, -0.2) is 67.8 Å². The number of hydrogen-bond acceptors (Lipinski definition) is 7. The van der Waals surface area contributed by atoms with Crippen molar-refractivity contribution in [2.75, 3.05) is 6.61 Å². The van der Waals surface area contributed by atoms with Gasteiger partial charge in [0.1, 0.15) is 30.2 Å². The predicted octanol–water partition coefficient (Wildman–Crippen LogP) is -2.38. The van der Waals surface area contributed by atoms with Crippen LogP contribution < -0.4 is 0 Å². The van der Waals surface area contributed by atoms with Crippen molar-refractivity contribution in [3.63, 3.8) is 0 Å². The average molecular weight is 262 g/mol. The van der Waals surface area contributed by atoms with Crippen LogP contribution in [0.15, 0.2) is 22.8 Å². The van der Waals surface area contributed by atoms with Gasteiger partial charge in [0.15, 0.2) is 0 Å². The minimum Gasteiger partial charge on any atom is -0.469 e. The van der Waals surface area contributed by atoms with Crippen molar-refractivity contribution in [1.82, 2.24) is 0 Å². The molecule has 1 aromatic heterocycles. The summed E-state index contributed by atoms with van der Waals surface area (Å²) >= 11 is 0. The Balaban J connectivity index is 2.54. The van der Waals surface area contributed by atoms with Crippen LogP contribution in [0.5, 0.6) is 0 Å². The monoisotopic (exact) mass is 262 g/mol. The van der Waals surface area contributed by atoms with E-state index in [-0.39, 0.29) is 6.42 Å². The van der Waals surface area contributed by atoms with Gasteiger partial charge in [-0.1, -0.05) is 0 Å². The third kappa shape index (κ3) is 3.77. The summed E-state index contributed by atoms with van der Waals surface area (Å²) in [5, 5.41) is 55.9. The number of hydrogen-bond donors (Lipinski definition) is 6. The smallest absolute Gasteiger partial charge is 0.111 e. The van der Waals surface area contributed by atoms with Crippen molar-refractivity contribution in [1.29, 1.82) is 0 Å². The van der Waals surface area contributed by atoms with E-state index in [1.54, 1.807) is 12.1 Å². The summed E-state index contributed by atoms with van der Waals surface area (Å²) in [6, 6.07) is 3.19. The zero-order valence-electron chi connectivity index (χ0n) is 9.62. The highest BCUT2D eigenvalue weighted by Crippen LogP contribution is 2.13. The lowest BCUT2D eigenvalue weighted by atomic mass is 9.97. The first-order chi connectivity index (χ1) is 8.47. The fourth-order valence-electron chi connectivity index (χ4n) is 1.52. The second-order valence-corrected chi connectivity index (χ2v) is 4.07. The quantitative estimate of drug-likeness (QED) is 0.323. The Morgan fingerprint density at radius 3 is 2.06 bits per heavy atom. The summed E-state index contributed by atoms with van der Waals surface area (Å²) in [7, 11) is 0. The van der Waals surface area contributed by atoms with Crippen molar-refractivity contribution < 1.29 is 35.1 Å². The van der Waals surface area contributed by atoms with Crippen LogP contribution in [0, 0.1) is 0 Å². The number of aliphatic hydroxyl groups is 6. The summed E-state index contributed by atoms with van der Waals surface area (Å²) in [6.07, 6.45) is -6.82. The zero-order chi connectivity index (χ0) is 13.7. The van der Waals surface area contributed by atoms with Crippen LogP contribution in [0.3, 0.4) is 0 Å². The highest BCUT2D eigenvalue weighted by Gasteiger charge is 2.34. The van der Waals surface area contributed by atoms with E-state index in [1.807, 2.05) is 0 Å². The van der Waals surface area contributed by atoms with Crippen molar-refractivity contribution >= 4 is 0 Å². The lowest BCUT2D eigenvalue weighted by molar-refractivity contribution is -0.140. The SMILES string of the molecule is OCC(O)C(O)C(O)C(O)C(O)Cc1ccco1. The van der Waals surface area contributed by atoms with E-state index in [0.717, 1.165) is 0 Å². The molecule has 0 radical (unpaired) electrons. The van der Waals surface area contributed by atoms with Gasteiger partial charge in [0.05, 0.1) is 19.0 Å². The zero-order valence-corrected chi connectivity index (χ0v) is 9.62. The van der Waals surface area contributed by atoms with Crippen molar-refractivity contribution in [3.8, 4) is 0 Å². The molecule has 104 valence electrons. The van der Waals surface area contributed by atoms with Gasteiger partial charge in [0.25, 0.3) is 0 Å². The van der Waals surface area contributed by atoms with E-state index < -0.39 is 37.1 Å². The first-order valence-corrected chi connectivity index (χ1v) is 5.51. The number of rotatable bonds is 7. The minimum atomic E-state index is -1.78. The van der Waals surface area contributed by atoms with Gasteiger partial charge in [-0.2, -0.15) is 0 Å². The molecule has 6 N–H and O–H groups in total. The van der Waals surface area contributed by atoms with Crippen LogP contribution in [0.2, 0.25) is 0 Å². The maximum absolute atomic E-state index is 9.64. The van der Waals surface area contributed by atoms with Crippen molar-refractivity contribution in [3.05, 3.63) is 24.2 Å². The molecule has 1 aromatic rings. The normalized spacial score (nSPS) is 20.1. The molecule has 7 nitrogen and oxygen atoms in total. The Labute approximate surface area is 104 Å². The van der Waals surface area contributed by atoms with Crippen molar-refractivity contribution in [2.24, 2.45) is 0 Å². The highest BCUT2D eigenvalue weighted by molar-refractivity contribution is 5.01. The maximum Gasteiger partial charge on any atom is 0.111 e. The third-order valence-corrected chi connectivity index (χ3v) is 2.67. The Morgan fingerprint density at radius 2 is 1.56 bits per heavy atom. The molecule has 0 aliphatic carbocycles. The maximum atomic E-state index is 9.64. The molecule has 18 heavy (non-hydrogen) atoms. The molecule has 0 saturated heterocycles. The topological polar surface area (TPSA) is 135 Å². The van der Waals surface area contributed by atoms with Crippen molar-refractivity contribution in [2.45, 2.75) is 36.9 Å². The summed E-state index contributed by atoms with van der Waals surface area (Å²) in [5.41, 5.74) is 0. The summed E-state index contributed by atoms with van der Waals surface area (Å²) < 4.78 is 4.96. The van der Waals surface area contributed by atoms with Gasteiger partial charge in [-0.05, 0) is 12.1 Å². The molecule has 0 saturated carbocycles. The first-order valence-electron chi connectivity index (χ1n) is 5.51. The molecule has 0 aliphatic heterocycles. The lowest BCUT2D eigenvalue weighted by Gasteiger charge is -2.28. The van der Waals surface area contributed by atoms with Crippen LogP contribution >= 0.6 is 0 Å². The fourth-order valence-corrected chi connectivity index (χ4v) is 1.52. The van der Waals surface area contributed by atoms with Crippen LogP contribution in [-0.2, 0) is 6.42 Å². The average Bonchev–Trinajstić information content (AvgIpc) is 2.87. The van der Waals surface area contributed by atoms with E-state index in [2.05, 4.69) is 0 Å². The molecule has 0 aliphatic rings. The van der Waals surface area contributed by atoms with Crippen LogP contribution in [0.4, 0.5) is 0 Å². The Kier molecular flexibility index (Phi) is 5.73. The summed E-state index contributed by atoms with van der Waals surface area (Å²) in [5.74, 6) is 0.408. The Hall–Kier alpha value is -0.960. The minimum absolute atomic E-state index is 0.0484. The molecular weight excluding hydrogens is 244 g/mol. The molecule has 0 fully saturated rings. The van der Waals surface area contributed by atoms with Crippen LogP contribution in [0.1, 0.15) is 5.76 Å². The molecule has 0 amide bonds. The molecule has 0 aromatic carbocycles. The van der Waals surface area contributed by atoms with Gasteiger partial charge >= 0.3 is 0 Å². The fraction of sp³-hybridized carbons (Fsp3) is 0.636. The van der Waals surface area contributed by atoms with E-state index >= 15 is 0 Å². The number of aliphatic hydroxyl groups excluding tert-OH is 6. The first kappa shape index (κ1) is 15.1. The largest absolute Gasteiger partial charge is 0.469 e. The standard InChI is InChI=1S/C11H18O7/c12-5-8(14)10(16)11(17)9(15)7(13)4-6-2-1-3-18-6/h1-3,7-17H,4-5H2. The molecule has 7 heteroatoms. The molecule has 5 unspecified atom stereocenters.